The second kappa shape index (κ2) is 7.91. The number of halogens is 2. The number of anilines is 1. The van der Waals surface area contributed by atoms with Gasteiger partial charge in [0.25, 0.3) is 0 Å². The zero-order chi connectivity index (χ0) is 15.1. The molecule has 0 aromatic heterocycles. The van der Waals surface area contributed by atoms with Gasteiger partial charge in [0.05, 0.1) is 17.7 Å². The van der Waals surface area contributed by atoms with Gasteiger partial charge in [-0.25, -0.2) is 8.78 Å². The molecule has 0 radical (unpaired) electrons. The Kier molecular flexibility index (Phi) is 5.90. The second-order valence-electron chi connectivity index (χ2n) is 5.03. The van der Waals surface area contributed by atoms with Crippen LogP contribution in [0.3, 0.4) is 0 Å². The highest BCUT2D eigenvalue weighted by molar-refractivity contribution is 5.50. The first-order valence-electron chi connectivity index (χ1n) is 7.16. The molecular formula is C15H19F2N3O. The van der Waals surface area contributed by atoms with Gasteiger partial charge in [0.1, 0.15) is 5.69 Å². The van der Waals surface area contributed by atoms with E-state index in [9.17, 15) is 8.78 Å². The quantitative estimate of drug-likeness (QED) is 0.791. The molecular weight excluding hydrogens is 276 g/mol. The average Bonchev–Trinajstić information content (AvgIpc) is 2.50. The maximum atomic E-state index is 13.6. The summed E-state index contributed by atoms with van der Waals surface area (Å²) < 4.78 is 32.9. The van der Waals surface area contributed by atoms with Crippen molar-refractivity contribution >= 4 is 5.69 Å². The molecule has 114 valence electrons. The fourth-order valence-corrected chi connectivity index (χ4v) is 2.30. The molecule has 0 aliphatic carbocycles. The van der Waals surface area contributed by atoms with Gasteiger partial charge in [0.2, 0.25) is 0 Å². The Hall–Kier alpha value is -1.71. The molecule has 0 spiro atoms. The van der Waals surface area contributed by atoms with E-state index in [4.69, 9.17) is 10.00 Å². The predicted octanol–water partition coefficient (Wildman–Crippen LogP) is 2.41. The lowest BCUT2D eigenvalue weighted by Crippen LogP contribution is -2.32. The van der Waals surface area contributed by atoms with Crippen LogP contribution in [0.2, 0.25) is 0 Å². The first-order chi connectivity index (χ1) is 10.2. The van der Waals surface area contributed by atoms with Crippen molar-refractivity contribution in [1.82, 2.24) is 5.32 Å². The van der Waals surface area contributed by atoms with E-state index in [2.05, 4.69) is 10.6 Å². The van der Waals surface area contributed by atoms with Crippen LogP contribution in [0.5, 0.6) is 0 Å². The number of hydrogen-bond donors (Lipinski definition) is 2. The fourth-order valence-electron chi connectivity index (χ4n) is 2.30. The molecule has 0 bridgehead atoms. The second-order valence-corrected chi connectivity index (χ2v) is 5.03. The Morgan fingerprint density at radius 1 is 1.29 bits per heavy atom. The van der Waals surface area contributed by atoms with Crippen molar-refractivity contribution in [3.63, 3.8) is 0 Å². The van der Waals surface area contributed by atoms with E-state index >= 15 is 0 Å². The Morgan fingerprint density at radius 2 is 1.95 bits per heavy atom. The van der Waals surface area contributed by atoms with Crippen LogP contribution in [0, 0.1) is 23.0 Å². The first-order valence-corrected chi connectivity index (χ1v) is 7.16. The van der Waals surface area contributed by atoms with Crippen LogP contribution in [0.15, 0.2) is 12.1 Å². The topological polar surface area (TPSA) is 57.1 Å². The number of ether oxygens (including phenoxy) is 1. The van der Waals surface area contributed by atoms with Gasteiger partial charge >= 0.3 is 0 Å². The van der Waals surface area contributed by atoms with Gasteiger partial charge in [-0.15, -0.1) is 0 Å². The summed E-state index contributed by atoms with van der Waals surface area (Å²) in [5.41, 5.74) is -0.208. The van der Waals surface area contributed by atoms with E-state index in [0.717, 1.165) is 38.1 Å². The summed E-state index contributed by atoms with van der Waals surface area (Å²) in [5.74, 6) is -1.49. The van der Waals surface area contributed by atoms with Gasteiger partial charge < -0.3 is 15.4 Å². The van der Waals surface area contributed by atoms with Crippen LogP contribution in [0.1, 0.15) is 24.8 Å². The lowest BCUT2D eigenvalue weighted by Gasteiger charge is -2.23. The van der Waals surface area contributed by atoms with Gasteiger partial charge in [0.15, 0.2) is 11.6 Å². The van der Waals surface area contributed by atoms with Crippen LogP contribution in [0.4, 0.5) is 14.5 Å². The van der Waals surface area contributed by atoms with E-state index in [-0.39, 0.29) is 17.4 Å². The molecule has 1 saturated heterocycles. The van der Waals surface area contributed by atoms with Crippen LogP contribution < -0.4 is 10.6 Å². The van der Waals surface area contributed by atoms with Crippen molar-refractivity contribution in [3.8, 4) is 6.07 Å². The molecule has 21 heavy (non-hydrogen) atoms. The third-order valence-corrected chi connectivity index (χ3v) is 3.43. The highest BCUT2D eigenvalue weighted by Gasteiger charge is 2.13. The van der Waals surface area contributed by atoms with Crippen LogP contribution in [-0.4, -0.2) is 32.3 Å². The molecule has 2 rings (SSSR count). The zero-order valence-electron chi connectivity index (χ0n) is 11.8. The molecule has 0 atom stereocenters. The normalized spacial score (nSPS) is 15.7. The lowest BCUT2D eigenvalue weighted by molar-refractivity contribution is 0.0329. The minimum absolute atomic E-state index is 0.0233. The molecule has 2 N–H and O–H groups in total. The zero-order valence-corrected chi connectivity index (χ0v) is 11.8. The molecule has 6 heteroatoms. The Balaban J connectivity index is 1.72. The van der Waals surface area contributed by atoms with E-state index < -0.39 is 11.6 Å². The van der Waals surface area contributed by atoms with Crippen molar-refractivity contribution in [1.29, 1.82) is 5.26 Å². The molecule has 1 heterocycles. The van der Waals surface area contributed by atoms with Crippen molar-refractivity contribution in [2.75, 3.05) is 31.6 Å². The third-order valence-electron chi connectivity index (χ3n) is 3.43. The van der Waals surface area contributed by atoms with Crippen molar-refractivity contribution < 1.29 is 13.5 Å². The first kappa shape index (κ1) is 15.7. The molecule has 1 aliphatic heterocycles. The Bertz CT molecular complexity index is 487. The summed E-state index contributed by atoms with van der Waals surface area (Å²) in [4.78, 5) is 0. The Morgan fingerprint density at radius 3 is 2.57 bits per heavy atom. The molecule has 0 amide bonds. The smallest absolute Gasteiger partial charge is 0.150 e. The summed E-state index contributed by atoms with van der Waals surface area (Å²) in [7, 11) is 0. The number of nitriles is 1. The van der Waals surface area contributed by atoms with Crippen LogP contribution in [0.25, 0.3) is 0 Å². The number of nitrogens with one attached hydrogen (secondary N) is 2. The van der Waals surface area contributed by atoms with Gasteiger partial charge in [-0.3, -0.25) is 0 Å². The molecule has 0 saturated carbocycles. The highest BCUT2D eigenvalue weighted by Crippen LogP contribution is 2.20. The van der Waals surface area contributed by atoms with E-state index in [1.165, 1.54) is 0 Å². The standard InChI is InChI=1S/C15H19F2N3O/c16-13-8-11(10-18)9-14(17)15(13)20-4-1-7-21-12-2-5-19-6-3-12/h8-9,12,19-20H,1-7H2. The van der Waals surface area contributed by atoms with E-state index in [1.54, 1.807) is 6.07 Å². The third kappa shape index (κ3) is 4.66. The molecule has 4 nitrogen and oxygen atoms in total. The Labute approximate surface area is 123 Å². The molecule has 1 aromatic rings. The monoisotopic (exact) mass is 295 g/mol. The summed E-state index contributed by atoms with van der Waals surface area (Å²) in [6.45, 7) is 2.94. The number of hydrogen-bond acceptors (Lipinski definition) is 4. The summed E-state index contributed by atoms with van der Waals surface area (Å²) in [6.07, 6.45) is 2.97. The van der Waals surface area contributed by atoms with Crippen molar-refractivity contribution in [2.45, 2.75) is 25.4 Å². The maximum Gasteiger partial charge on any atom is 0.150 e. The number of piperidine rings is 1. The molecule has 1 aromatic carbocycles. The van der Waals surface area contributed by atoms with E-state index in [1.807, 2.05) is 0 Å². The fraction of sp³-hybridized carbons (Fsp3) is 0.533. The lowest BCUT2D eigenvalue weighted by atomic mass is 10.1. The van der Waals surface area contributed by atoms with Gasteiger partial charge in [0, 0.05) is 13.2 Å². The van der Waals surface area contributed by atoms with Crippen LogP contribution in [-0.2, 0) is 4.74 Å². The average molecular weight is 295 g/mol. The molecule has 1 aliphatic rings. The summed E-state index contributed by atoms with van der Waals surface area (Å²) in [6, 6.07) is 3.77. The van der Waals surface area contributed by atoms with Gasteiger partial charge in [-0.05, 0) is 44.5 Å². The number of rotatable bonds is 6. The number of nitrogens with zero attached hydrogens (tertiary/aromatic N) is 1. The predicted molar refractivity (Wildman–Crippen MR) is 76.0 cm³/mol. The van der Waals surface area contributed by atoms with Crippen molar-refractivity contribution in [3.05, 3.63) is 29.3 Å². The van der Waals surface area contributed by atoms with Crippen molar-refractivity contribution in [2.24, 2.45) is 0 Å². The summed E-state index contributed by atoms with van der Waals surface area (Å²) in [5, 5.41) is 14.6. The largest absolute Gasteiger partial charge is 0.380 e. The van der Waals surface area contributed by atoms with E-state index in [0.29, 0.717) is 19.6 Å². The molecule has 1 fully saturated rings. The number of benzene rings is 1. The highest BCUT2D eigenvalue weighted by atomic mass is 19.1. The van der Waals surface area contributed by atoms with Gasteiger partial charge in [-0.2, -0.15) is 5.26 Å². The maximum absolute atomic E-state index is 13.6. The minimum Gasteiger partial charge on any atom is -0.380 e. The minimum atomic E-state index is -0.745. The summed E-state index contributed by atoms with van der Waals surface area (Å²) >= 11 is 0. The van der Waals surface area contributed by atoms with Gasteiger partial charge in [-0.1, -0.05) is 0 Å². The molecule has 0 unspecified atom stereocenters. The SMILES string of the molecule is N#Cc1cc(F)c(NCCCOC2CCNCC2)c(F)c1. The van der Waals surface area contributed by atoms with Crippen LogP contribution >= 0.6 is 0 Å².